The number of aromatic nitrogens is 1. The van der Waals surface area contributed by atoms with E-state index in [9.17, 15) is 18.3 Å². The van der Waals surface area contributed by atoms with Crippen LogP contribution in [0.3, 0.4) is 0 Å². The molecule has 4 atom stereocenters. The van der Waals surface area contributed by atoms with Gasteiger partial charge in [0.2, 0.25) is 10.0 Å². The highest BCUT2D eigenvalue weighted by Crippen LogP contribution is 2.47. The number of piperidine rings is 1. The fourth-order valence-electron chi connectivity index (χ4n) is 6.14. The highest BCUT2D eigenvalue weighted by atomic mass is 35.5. The maximum absolute atomic E-state index is 12.5. The van der Waals surface area contributed by atoms with Gasteiger partial charge in [-0.25, -0.2) is 13.1 Å². The third-order valence-electron chi connectivity index (χ3n) is 8.66. The molecule has 0 spiro atoms. The summed E-state index contributed by atoms with van der Waals surface area (Å²) in [5, 5.41) is 15.9. The predicted octanol–water partition coefficient (Wildman–Crippen LogP) is 4.90. The zero-order valence-electron chi connectivity index (χ0n) is 22.0. The minimum Gasteiger partial charge on any atom is -0.391 e. The van der Waals surface area contributed by atoms with E-state index < -0.39 is 27.3 Å². The molecule has 9 nitrogen and oxygen atoms in total. The predicted molar refractivity (Wildman–Crippen MR) is 154 cm³/mol. The molecule has 41 heavy (non-hydrogen) atoms. The number of benzene rings is 2. The molecule has 3 aromatic rings. The van der Waals surface area contributed by atoms with Gasteiger partial charge in [0, 0.05) is 40.8 Å². The summed E-state index contributed by atoms with van der Waals surface area (Å²) in [4.78, 5) is 14.6. The molecule has 1 unspecified atom stereocenters. The molecule has 1 aliphatic heterocycles. The van der Waals surface area contributed by atoms with Crippen LogP contribution in [0.5, 0.6) is 0 Å². The summed E-state index contributed by atoms with van der Waals surface area (Å²) in [6.07, 6.45) is 3.18. The molecule has 216 valence electrons. The lowest BCUT2D eigenvalue weighted by Crippen LogP contribution is -2.39. The van der Waals surface area contributed by atoms with Crippen molar-refractivity contribution in [1.29, 1.82) is 0 Å². The fourth-order valence-corrected chi connectivity index (χ4v) is 8.01. The van der Waals surface area contributed by atoms with E-state index in [1.165, 1.54) is 0 Å². The number of rotatable bonds is 9. The van der Waals surface area contributed by atoms with Crippen molar-refractivity contribution >= 4 is 44.8 Å². The Bertz CT molecular complexity index is 1580. The second-order valence-electron chi connectivity index (χ2n) is 11.4. The number of carbonyl (C=O) groups is 1. The highest BCUT2D eigenvalue weighted by Gasteiger charge is 2.52. The second-order valence-corrected chi connectivity index (χ2v) is 14.2. The van der Waals surface area contributed by atoms with Gasteiger partial charge in [-0.05, 0) is 68.5 Å². The van der Waals surface area contributed by atoms with Crippen molar-refractivity contribution in [2.24, 2.45) is 5.92 Å². The topological polar surface area (TPSA) is 122 Å². The average molecular weight is 619 g/mol. The van der Waals surface area contributed by atoms with Crippen LogP contribution in [0.4, 0.5) is 5.69 Å². The van der Waals surface area contributed by atoms with Crippen LogP contribution >= 0.6 is 23.2 Å². The van der Waals surface area contributed by atoms with Gasteiger partial charge < -0.3 is 19.3 Å². The zero-order chi connectivity index (χ0) is 28.5. The van der Waals surface area contributed by atoms with E-state index in [4.69, 9.17) is 32.5 Å². The van der Waals surface area contributed by atoms with E-state index in [0.29, 0.717) is 53.0 Å². The van der Waals surface area contributed by atoms with E-state index in [-0.39, 0.29) is 30.2 Å². The number of nitrogens with one attached hydrogen (secondary N) is 1. The van der Waals surface area contributed by atoms with Gasteiger partial charge in [-0.2, -0.15) is 0 Å². The number of amides is 1. The van der Waals surface area contributed by atoms with E-state index in [1.807, 2.05) is 0 Å². The molecule has 7 rings (SSSR count). The van der Waals surface area contributed by atoms with Gasteiger partial charge in [0.25, 0.3) is 5.91 Å². The van der Waals surface area contributed by atoms with Gasteiger partial charge in [-0.3, -0.25) is 4.79 Å². The first kappa shape index (κ1) is 27.2. The summed E-state index contributed by atoms with van der Waals surface area (Å²) in [5.41, 5.74) is 3.23. The molecule has 4 aliphatic rings. The Labute approximate surface area is 247 Å². The minimum atomic E-state index is -3.61. The first-order valence-electron chi connectivity index (χ1n) is 13.9. The largest absolute Gasteiger partial charge is 0.391 e. The van der Waals surface area contributed by atoms with E-state index >= 15 is 0 Å². The average Bonchev–Trinajstić information content (AvgIpc) is 3.88. The molecule has 1 aromatic heterocycles. The number of aliphatic hydroxyl groups excluding tert-OH is 1. The molecule has 1 saturated heterocycles. The Morgan fingerprint density at radius 1 is 1.10 bits per heavy atom. The lowest BCUT2D eigenvalue weighted by molar-refractivity contribution is -0.00227. The van der Waals surface area contributed by atoms with Crippen LogP contribution in [0.15, 0.2) is 47.0 Å². The Morgan fingerprint density at radius 3 is 2.41 bits per heavy atom. The third kappa shape index (κ3) is 5.03. The zero-order valence-corrected chi connectivity index (χ0v) is 24.3. The quantitative estimate of drug-likeness (QED) is 0.347. The molecule has 2 N–H and O–H groups in total. The van der Waals surface area contributed by atoms with E-state index in [2.05, 4.69) is 14.8 Å². The SMILES string of the molecule is O=C(NS(=O)(=O)C1CC1)c1ccc(N2C[C@H]3C(O)[C@@H]2C[C@H]3OCc2c(-c3c(Cl)cccc3Cl)noc2C2CC2)cc1. The number of hydrogen-bond donors (Lipinski definition) is 2. The molecule has 4 fully saturated rings. The van der Waals surface area contributed by atoms with Crippen LogP contribution in [0.25, 0.3) is 11.3 Å². The van der Waals surface area contributed by atoms with Crippen LogP contribution in [0, 0.1) is 5.92 Å². The van der Waals surface area contributed by atoms with Gasteiger partial charge in [0.15, 0.2) is 0 Å². The van der Waals surface area contributed by atoms with Gasteiger partial charge in [0.05, 0.1) is 40.2 Å². The first-order chi connectivity index (χ1) is 19.7. The Morgan fingerprint density at radius 2 is 1.80 bits per heavy atom. The summed E-state index contributed by atoms with van der Waals surface area (Å²) in [6.45, 7) is 0.876. The molecule has 3 saturated carbocycles. The molecule has 3 aliphatic carbocycles. The summed E-state index contributed by atoms with van der Waals surface area (Å²) in [6, 6.07) is 12.0. The van der Waals surface area contributed by atoms with Gasteiger partial charge >= 0.3 is 0 Å². The van der Waals surface area contributed by atoms with Crippen LogP contribution in [-0.4, -0.2) is 54.6 Å². The monoisotopic (exact) mass is 617 g/mol. The number of nitrogens with zero attached hydrogens (tertiary/aromatic N) is 2. The van der Waals surface area contributed by atoms with Crippen molar-refractivity contribution in [1.82, 2.24) is 9.88 Å². The number of ether oxygens (including phenoxy) is 1. The third-order valence-corrected chi connectivity index (χ3v) is 11.1. The standard InChI is InChI=1S/C29H29Cl2N3O6S/c30-21-2-1-3-22(31)25(21)26-20(28(40-32-26)15-4-5-15)14-39-24-12-23-27(35)19(24)13-34(23)17-8-6-16(7-9-17)29(36)33-41(37,38)18-10-11-18/h1-3,6-9,15,18-19,23-24,27,35H,4-5,10-14H2,(H,33,36)/t19-,23+,24-,27?/m1/s1. The Balaban J connectivity index is 1.03. The molecule has 2 bridgehead atoms. The summed E-state index contributed by atoms with van der Waals surface area (Å²) >= 11 is 13.0. The number of fused-ring (bicyclic) bond motifs is 2. The maximum Gasteiger partial charge on any atom is 0.264 e. The molecular weight excluding hydrogens is 589 g/mol. The molecule has 12 heteroatoms. The van der Waals surface area contributed by atoms with Crippen LogP contribution in [0.1, 0.15) is 59.7 Å². The molecule has 1 amide bonds. The summed E-state index contributed by atoms with van der Waals surface area (Å²) < 4.78 is 38.6. The number of anilines is 1. The van der Waals surface area contributed by atoms with Crippen molar-refractivity contribution < 1.29 is 27.6 Å². The van der Waals surface area contributed by atoms with Crippen LogP contribution in [0.2, 0.25) is 10.0 Å². The summed E-state index contributed by atoms with van der Waals surface area (Å²) in [7, 11) is -3.61. The van der Waals surface area contributed by atoms with Gasteiger partial charge in [0.1, 0.15) is 11.5 Å². The Kier molecular flexibility index (Phi) is 6.82. The fraction of sp³-hybridized carbons (Fsp3) is 0.448. The summed E-state index contributed by atoms with van der Waals surface area (Å²) in [5.74, 6) is 0.409. The van der Waals surface area contributed by atoms with E-state index in [1.54, 1.807) is 42.5 Å². The number of aliphatic hydroxyl groups is 1. The van der Waals surface area contributed by atoms with Crippen LogP contribution < -0.4 is 9.62 Å². The number of carbonyl (C=O) groups excluding carboxylic acids is 1. The molecule has 0 radical (unpaired) electrons. The smallest absolute Gasteiger partial charge is 0.264 e. The first-order valence-corrected chi connectivity index (χ1v) is 16.2. The van der Waals surface area contributed by atoms with Crippen molar-refractivity contribution in [2.75, 3.05) is 11.4 Å². The molecular formula is C29H29Cl2N3O6S. The van der Waals surface area contributed by atoms with Crippen molar-refractivity contribution in [3.8, 4) is 11.3 Å². The van der Waals surface area contributed by atoms with Gasteiger partial charge in [-0.15, -0.1) is 0 Å². The lowest BCUT2D eigenvalue weighted by Gasteiger charge is -2.32. The van der Waals surface area contributed by atoms with E-state index in [0.717, 1.165) is 29.9 Å². The van der Waals surface area contributed by atoms with Crippen molar-refractivity contribution in [3.05, 3.63) is 69.4 Å². The van der Waals surface area contributed by atoms with Crippen LogP contribution in [-0.2, 0) is 21.4 Å². The number of halogens is 2. The normalized spacial score (nSPS) is 25.6. The Hall–Kier alpha value is -2.63. The second kappa shape index (κ2) is 10.3. The van der Waals surface area contributed by atoms with Crippen molar-refractivity contribution in [3.63, 3.8) is 0 Å². The highest BCUT2D eigenvalue weighted by molar-refractivity contribution is 7.91. The minimum absolute atomic E-state index is 0.0942. The number of hydrogen-bond acceptors (Lipinski definition) is 8. The number of sulfonamides is 1. The van der Waals surface area contributed by atoms with Gasteiger partial charge in [-0.1, -0.05) is 34.4 Å². The maximum atomic E-state index is 12.5. The molecule has 2 aromatic carbocycles. The molecule has 2 heterocycles. The lowest BCUT2D eigenvalue weighted by atomic mass is 10.0. The van der Waals surface area contributed by atoms with Crippen molar-refractivity contribution in [2.45, 2.75) is 68.1 Å².